The van der Waals surface area contributed by atoms with Crippen molar-refractivity contribution in [2.75, 3.05) is 10.6 Å². The molecule has 1 aromatic carbocycles. The third-order valence-corrected chi connectivity index (χ3v) is 6.96. The average molecular weight is 501 g/mol. The molecule has 2 aliphatic rings. The highest BCUT2D eigenvalue weighted by Gasteiger charge is 2.36. The number of hydrogen-bond donors (Lipinski definition) is 2. The minimum atomic E-state index is -4.59. The summed E-state index contributed by atoms with van der Waals surface area (Å²) in [5, 5.41) is 6.51. The highest BCUT2D eigenvalue weighted by Crippen LogP contribution is 2.37. The molecule has 36 heavy (non-hydrogen) atoms. The zero-order valence-electron chi connectivity index (χ0n) is 19.9. The van der Waals surface area contributed by atoms with E-state index in [0.29, 0.717) is 25.2 Å². The Morgan fingerprint density at radius 2 is 1.56 bits per heavy atom. The van der Waals surface area contributed by atoms with E-state index in [1.807, 2.05) is 18.2 Å². The maximum Gasteiger partial charge on any atom is 0.433 e. The van der Waals surface area contributed by atoms with Gasteiger partial charge in [0.15, 0.2) is 5.82 Å². The van der Waals surface area contributed by atoms with Crippen molar-refractivity contribution in [1.82, 2.24) is 19.9 Å². The van der Waals surface area contributed by atoms with E-state index < -0.39 is 17.5 Å². The second kappa shape index (κ2) is 9.63. The summed E-state index contributed by atoms with van der Waals surface area (Å²) in [7, 11) is 0. The number of anilines is 2. The van der Waals surface area contributed by atoms with Gasteiger partial charge in [-0.15, -0.1) is 0 Å². The molecule has 190 valence electrons. The minimum absolute atomic E-state index is 0.00587. The maximum atomic E-state index is 14.4. The molecule has 3 aromatic rings. The average Bonchev–Trinajstić information content (AvgIpc) is 3.44. The highest BCUT2D eigenvalue weighted by atomic mass is 19.4. The van der Waals surface area contributed by atoms with Gasteiger partial charge in [0.25, 0.3) is 0 Å². The number of nitrogens with one attached hydrogen (secondary N) is 2. The molecule has 0 spiro atoms. The summed E-state index contributed by atoms with van der Waals surface area (Å²) in [4.78, 5) is 17.0. The van der Waals surface area contributed by atoms with E-state index in [-0.39, 0.29) is 35.5 Å². The number of alkyl halides is 4. The summed E-state index contributed by atoms with van der Waals surface area (Å²) in [5.74, 6) is 0.900. The van der Waals surface area contributed by atoms with Gasteiger partial charge in [0, 0.05) is 18.5 Å². The van der Waals surface area contributed by atoms with Crippen LogP contribution >= 0.6 is 0 Å². The van der Waals surface area contributed by atoms with Gasteiger partial charge in [-0.2, -0.15) is 28.1 Å². The van der Waals surface area contributed by atoms with Crippen LogP contribution in [0, 0.1) is 0 Å². The van der Waals surface area contributed by atoms with Gasteiger partial charge in [-0.3, -0.25) is 0 Å². The van der Waals surface area contributed by atoms with E-state index in [0.717, 1.165) is 25.3 Å². The molecule has 0 amide bonds. The lowest BCUT2D eigenvalue weighted by Gasteiger charge is -2.18. The van der Waals surface area contributed by atoms with Crippen molar-refractivity contribution in [3.8, 4) is 11.5 Å². The van der Waals surface area contributed by atoms with E-state index in [2.05, 4.69) is 42.7 Å². The van der Waals surface area contributed by atoms with Crippen molar-refractivity contribution >= 4 is 11.9 Å². The zero-order chi connectivity index (χ0) is 25.3. The molecule has 0 saturated heterocycles. The Balaban J connectivity index is 1.40. The van der Waals surface area contributed by atoms with Crippen LogP contribution in [0.2, 0.25) is 0 Å². The topological polar surface area (TPSA) is 75.6 Å². The molecule has 2 aromatic heterocycles. The van der Waals surface area contributed by atoms with Crippen LogP contribution in [0.15, 0.2) is 48.5 Å². The standard InChI is InChI=1S/C26H28F4N6/c1-25(27)13-12-19(15-25)32-24-35-22(20-8-5-9-21(33-20)26(28,29)30)34-23(36-24)31-18-11-10-17(14-18)16-6-3-2-4-7-16/h2-9,17-19H,10-15H2,1H3,(H2,31,32,34,35,36). The fraction of sp³-hybridized carbons (Fsp3) is 0.462. The van der Waals surface area contributed by atoms with Crippen LogP contribution < -0.4 is 10.6 Å². The van der Waals surface area contributed by atoms with E-state index >= 15 is 0 Å². The number of pyridine rings is 1. The fourth-order valence-corrected chi connectivity index (χ4v) is 5.16. The number of rotatable bonds is 6. The molecule has 10 heteroatoms. The first-order valence-corrected chi connectivity index (χ1v) is 12.2. The Hall–Kier alpha value is -3.30. The molecule has 5 rings (SSSR count). The monoisotopic (exact) mass is 500 g/mol. The van der Waals surface area contributed by atoms with Crippen LogP contribution in [0.4, 0.5) is 29.5 Å². The van der Waals surface area contributed by atoms with Crippen LogP contribution in [0.5, 0.6) is 0 Å². The number of aromatic nitrogens is 4. The molecule has 0 aliphatic heterocycles. The number of nitrogens with zero attached hydrogens (tertiary/aromatic N) is 4. The molecule has 2 N–H and O–H groups in total. The molecule has 2 heterocycles. The first-order chi connectivity index (χ1) is 17.1. The molecule has 2 saturated carbocycles. The van der Waals surface area contributed by atoms with Gasteiger partial charge >= 0.3 is 6.18 Å². The predicted octanol–water partition coefficient (Wildman–Crippen LogP) is 6.39. The Labute approximate surface area is 207 Å². The van der Waals surface area contributed by atoms with Crippen molar-refractivity contribution in [3.05, 3.63) is 59.8 Å². The normalized spacial score (nSPS) is 26.2. The van der Waals surface area contributed by atoms with Crippen LogP contribution in [0.25, 0.3) is 11.5 Å². The lowest BCUT2D eigenvalue weighted by atomic mass is 9.98. The van der Waals surface area contributed by atoms with Gasteiger partial charge in [0.05, 0.1) is 0 Å². The van der Waals surface area contributed by atoms with E-state index in [4.69, 9.17) is 0 Å². The van der Waals surface area contributed by atoms with Crippen molar-refractivity contribution in [3.63, 3.8) is 0 Å². The third kappa shape index (κ3) is 5.74. The molecule has 4 atom stereocenters. The Kier molecular flexibility index (Phi) is 6.53. The predicted molar refractivity (Wildman–Crippen MR) is 129 cm³/mol. The number of hydrogen-bond acceptors (Lipinski definition) is 6. The summed E-state index contributed by atoms with van der Waals surface area (Å²) in [6, 6.07) is 13.8. The minimum Gasteiger partial charge on any atom is -0.351 e. The molecular weight excluding hydrogens is 472 g/mol. The molecule has 0 bridgehead atoms. The lowest BCUT2D eigenvalue weighted by molar-refractivity contribution is -0.141. The number of benzene rings is 1. The Bertz CT molecular complexity index is 1200. The lowest BCUT2D eigenvalue weighted by Crippen LogP contribution is -2.23. The van der Waals surface area contributed by atoms with Gasteiger partial charge in [-0.25, -0.2) is 9.37 Å². The first kappa shape index (κ1) is 24.4. The molecular formula is C26H28F4N6. The molecule has 6 nitrogen and oxygen atoms in total. The second-order valence-electron chi connectivity index (χ2n) is 9.97. The first-order valence-electron chi connectivity index (χ1n) is 12.2. The quantitative estimate of drug-likeness (QED) is 0.382. The third-order valence-electron chi connectivity index (χ3n) is 6.96. The van der Waals surface area contributed by atoms with Crippen molar-refractivity contribution in [2.24, 2.45) is 0 Å². The van der Waals surface area contributed by atoms with Crippen LogP contribution in [-0.4, -0.2) is 37.7 Å². The second-order valence-corrected chi connectivity index (χ2v) is 9.97. The highest BCUT2D eigenvalue weighted by molar-refractivity contribution is 5.54. The van der Waals surface area contributed by atoms with E-state index in [9.17, 15) is 17.6 Å². The molecule has 0 radical (unpaired) electrons. The molecule has 2 aliphatic carbocycles. The summed E-state index contributed by atoms with van der Waals surface area (Å²) >= 11 is 0. The summed E-state index contributed by atoms with van der Waals surface area (Å²) in [6.45, 7) is 1.57. The van der Waals surface area contributed by atoms with Crippen molar-refractivity contribution in [1.29, 1.82) is 0 Å². The van der Waals surface area contributed by atoms with Crippen LogP contribution in [0.3, 0.4) is 0 Å². The molecule has 4 unspecified atom stereocenters. The van der Waals surface area contributed by atoms with Gasteiger partial charge in [-0.05, 0) is 62.6 Å². The smallest absolute Gasteiger partial charge is 0.351 e. The zero-order valence-corrected chi connectivity index (χ0v) is 19.9. The van der Waals surface area contributed by atoms with Gasteiger partial charge in [0.1, 0.15) is 17.1 Å². The SMILES string of the molecule is CC1(F)CCC(Nc2nc(NC3CCC(c4ccccc4)C3)nc(-c3cccc(C(F)(F)F)n3)n2)C1. The Morgan fingerprint density at radius 3 is 2.22 bits per heavy atom. The van der Waals surface area contributed by atoms with Gasteiger partial charge in [-0.1, -0.05) is 36.4 Å². The summed E-state index contributed by atoms with van der Waals surface area (Å²) in [6.07, 6.45) is -0.438. The van der Waals surface area contributed by atoms with Gasteiger partial charge < -0.3 is 10.6 Å². The fourth-order valence-electron chi connectivity index (χ4n) is 5.16. The van der Waals surface area contributed by atoms with Crippen molar-refractivity contribution < 1.29 is 17.6 Å². The van der Waals surface area contributed by atoms with Crippen LogP contribution in [-0.2, 0) is 6.18 Å². The maximum absolute atomic E-state index is 14.4. The largest absolute Gasteiger partial charge is 0.433 e. The van der Waals surface area contributed by atoms with E-state index in [1.165, 1.54) is 17.7 Å². The van der Waals surface area contributed by atoms with E-state index in [1.54, 1.807) is 6.92 Å². The van der Waals surface area contributed by atoms with Crippen LogP contribution in [0.1, 0.15) is 62.6 Å². The Morgan fingerprint density at radius 1 is 0.833 bits per heavy atom. The van der Waals surface area contributed by atoms with Gasteiger partial charge in [0.2, 0.25) is 11.9 Å². The number of halogens is 4. The summed E-state index contributed by atoms with van der Waals surface area (Å²) < 4.78 is 54.1. The van der Waals surface area contributed by atoms with Crippen molar-refractivity contribution in [2.45, 2.75) is 75.3 Å². The summed E-state index contributed by atoms with van der Waals surface area (Å²) in [5.41, 5.74) is -1.01. The molecule has 2 fully saturated rings.